The molecule has 148 valence electrons. The molecule has 0 aliphatic heterocycles. The lowest BCUT2D eigenvalue weighted by molar-refractivity contribution is -0.122. The van der Waals surface area contributed by atoms with Crippen LogP contribution in [0.5, 0.6) is 0 Å². The summed E-state index contributed by atoms with van der Waals surface area (Å²) in [7, 11) is 0. The first-order valence-corrected chi connectivity index (χ1v) is 11.2. The first-order chi connectivity index (χ1) is 13.6. The fraction of sp³-hybridized carbons (Fsp3) is 0.538. The molecule has 4 aliphatic rings. The number of Topliss-reactive ketones (excluding diaryl/α,β-unsaturated/α-hetero) is 2. The maximum Gasteiger partial charge on any atom is 0.137 e. The number of rotatable bonds is 1. The van der Waals surface area contributed by atoms with E-state index in [1.807, 2.05) is 13.8 Å². The summed E-state index contributed by atoms with van der Waals surface area (Å²) in [5, 5.41) is 0. The molecule has 5 rings (SSSR count). The minimum Gasteiger partial charge on any atom is -0.299 e. The van der Waals surface area contributed by atoms with Crippen LogP contribution in [0.4, 0.5) is 0 Å². The second-order valence-corrected chi connectivity index (χ2v) is 8.62. The largest absolute Gasteiger partial charge is 0.299 e. The van der Waals surface area contributed by atoms with Gasteiger partial charge in [0.1, 0.15) is 11.6 Å². The minimum absolute atomic E-state index is 0.200. The van der Waals surface area contributed by atoms with Crippen LogP contribution in [0.15, 0.2) is 47.1 Å². The number of allylic oxidation sites excluding steroid dienone is 4. The molecule has 1 fully saturated rings. The Hall–Kier alpha value is -1.96. The topological polar surface area (TPSA) is 34.1 Å². The Kier molecular flexibility index (Phi) is 5.40. The molecule has 1 saturated carbocycles. The number of hydrogen-bond donors (Lipinski definition) is 0. The fourth-order valence-corrected chi connectivity index (χ4v) is 6.38. The molecule has 28 heavy (non-hydrogen) atoms. The SMILES string of the molecule is CC.C[C@@H]1C(c2ccccc2)=C2C3=C(CCC2C2CCC(=O)C21)CC(=O)CC3. The fourth-order valence-electron chi connectivity index (χ4n) is 6.38. The number of carbonyl (C=O) groups excluding carboxylic acids is 2. The Labute approximate surface area is 169 Å². The summed E-state index contributed by atoms with van der Waals surface area (Å²) in [6, 6.07) is 10.7. The van der Waals surface area contributed by atoms with Crippen molar-refractivity contribution in [1.82, 2.24) is 0 Å². The Morgan fingerprint density at radius 3 is 2.36 bits per heavy atom. The van der Waals surface area contributed by atoms with E-state index in [2.05, 4.69) is 37.3 Å². The third-order valence-electron chi connectivity index (χ3n) is 7.39. The molecule has 0 amide bonds. The van der Waals surface area contributed by atoms with Crippen LogP contribution in [-0.2, 0) is 9.59 Å². The quantitative estimate of drug-likeness (QED) is 0.587. The molecule has 0 spiro atoms. The molecular weight excluding hydrogens is 344 g/mol. The summed E-state index contributed by atoms with van der Waals surface area (Å²) in [6.45, 7) is 6.27. The van der Waals surface area contributed by atoms with Crippen molar-refractivity contribution >= 4 is 17.1 Å². The van der Waals surface area contributed by atoms with Gasteiger partial charge in [-0.05, 0) is 65.7 Å². The molecule has 0 bridgehead atoms. The van der Waals surface area contributed by atoms with Crippen molar-refractivity contribution < 1.29 is 9.59 Å². The number of fused-ring (bicyclic) bond motifs is 4. The average molecular weight is 377 g/mol. The van der Waals surface area contributed by atoms with Crippen LogP contribution in [0.2, 0.25) is 0 Å². The molecule has 0 N–H and O–H groups in total. The van der Waals surface area contributed by atoms with Gasteiger partial charge in [0, 0.05) is 25.2 Å². The highest BCUT2D eigenvalue weighted by Crippen LogP contribution is 2.58. The van der Waals surface area contributed by atoms with Crippen molar-refractivity contribution in [2.75, 3.05) is 0 Å². The number of ketones is 2. The van der Waals surface area contributed by atoms with E-state index < -0.39 is 0 Å². The van der Waals surface area contributed by atoms with Crippen molar-refractivity contribution in [3.63, 3.8) is 0 Å². The second-order valence-electron chi connectivity index (χ2n) is 8.62. The highest BCUT2D eigenvalue weighted by Gasteiger charge is 2.50. The molecule has 1 aromatic rings. The first-order valence-electron chi connectivity index (χ1n) is 11.2. The van der Waals surface area contributed by atoms with E-state index in [1.165, 1.54) is 27.9 Å². The summed E-state index contributed by atoms with van der Waals surface area (Å²) in [5.74, 6) is 2.41. The number of benzene rings is 1. The van der Waals surface area contributed by atoms with Crippen LogP contribution in [0.3, 0.4) is 0 Å². The molecule has 2 nitrogen and oxygen atoms in total. The van der Waals surface area contributed by atoms with Gasteiger partial charge in [-0.25, -0.2) is 0 Å². The summed E-state index contributed by atoms with van der Waals surface area (Å²) in [5.41, 5.74) is 7.12. The zero-order valence-electron chi connectivity index (χ0n) is 17.5. The highest BCUT2D eigenvalue weighted by atomic mass is 16.1. The van der Waals surface area contributed by atoms with Crippen molar-refractivity contribution in [3.05, 3.63) is 52.6 Å². The zero-order chi connectivity index (χ0) is 19.8. The van der Waals surface area contributed by atoms with Crippen LogP contribution in [-0.4, -0.2) is 11.6 Å². The molecule has 3 unspecified atom stereocenters. The highest BCUT2D eigenvalue weighted by molar-refractivity contribution is 5.90. The van der Waals surface area contributed by atoms with Crippen LogP contribution in [0.1, 0.15) is 71.3 Å². The van der Waals surface area contributed by atoms with E-state index in [0.717, 1.165) is 32.1 Å². The molecule has 1 aromatic carbocycles. The minimum atomic E-state index is 0.200. The van der Waals surface area contributed by atoms with Gasteiger partial charge in [-0.15, -0.1) is 0 Å². The summed E-state index contributed by atoms with van der Waals surface area (Å²) in [4.78, 5) is 24.7. The van der Waals surface area contributed by atoms with Gasteiger partial charge in [0.2, 0.25) is 0 Å². The van der Waals surface area contributed by atoms with Crippen LogP contribution < -0.4 is 0 Å². The molecular formula is C26H32O2. The maximum absolute atomic E-state index is 12.7. The van der Waals surface area contributed by atoms with Crippen molar-refractivity contribution in [2.45, 2.75) is 65.7 Å². The van der Waals surface area contributed by atoms with Gasteiger partial charge in [-0.3, -0.25) is 9.59 Å². The van der Waals surface area contributed by atoms with Gasteiger partial charge in [0.05, 0.1) is 0 Å². The van der Waals surface area contributed by atoms with E-state index in [1.54, 1.807) is 0 Å². The second kappa shape index (κ2) is 7.81. The molecule has 0 heterocycles. The summed E-state index contributed by atoms with van der Waals surface area (Å²) >= 11 is 0. The molecule has 2 heteroatoms. The Morgan fingerprint density at radius 2 is 1.61 bits per heavy atom. The van der Waals surface area contributed by atoms with E-state index in [-0.39, 0.29) is 11.8 Å². The number of hydrogen-bond acceptors (Lipinski definition) is 2. The third kappa shape index (κ3) is 3.02. The average Bonchev–Trinajstić information content (AvgIpc) is 3.12. The van der Waals surface area contributed by atoms with Crippen LogP contribution in [0, 0.1) is 23.7 Å². The number of carbonyl (C=O) groups is 2. The lowest BCUT2D eigenvalue weighted by Gasteiger charge is -2.45. The predicted molar refractivity (Wildman–Crippen MR) is 114 cm³/mol. The van der Waals surface area contributed by atoms with Crippen molar-refractivity contribution in [3.8, 4) is 0 Å². The van der Waals surface area contributed by atoms with E-state index in [0.29, 0.717) is 36.2 Å². The van der Waals surface area contributed by atoms with Gasteiger partial charge in [-0.1, -0.05) is 56.7 Å². The van der Waals surface area contributed by atoms with E-state index in [4.69, 9.17) is 0 Å². The lowest BCUT2D eigenvalue weighted by atomic mass is 9.58. The van der Waals surface area contributed by atoms with E-state index >= 15 is 0 Å². The molecule has 4 aliphatic carbocycles. The summed E-state index contributed by atoms with van der Waals surface area (Å²) < 4.78 is 0. The molecule has 0 aromatic heterocycles. The van der Waals surface area contributed by atoms with Gasteiger partial charge in [0.25, 0.3) is 0 Å². The maximum atomic E-state index is 12.7. The van der Waals surface area contributed by atoms with Crippen LogP contribution >= 0.6 is 0 Å². The van der Waals surface area contributed by atoms with E-state index in [9.17, 15) is 9.59 Å². The smallest absolute Gasteiger partial charge is 0.137 e. The Bertz CT molecular complexity index is 842. The monoisotopic (exact) mass is 376 g/mol. The molecule has 0 saturated heterocycles. The van der Waals surface area contributed by atoms with Gasteiger partial charge >= 0.3 is 0 Å². The Morgan fingerprint density at radius 1 is 0.857 bits per heavy atom. The standard InChI is InChI=1S/C24H26O2.C2H6/c1-14-22(15-5-3-2-4-6-15)24-18-10-8-17(25)13-16(18)7-9-20(24)19-11-12-21(26)23(14)19;1-2/h2-6,14,19-20,23H,7-13H2,1H3;1-2H3/t14-,19?,20?,23?;/m1./s1. The Balaban J connectivity index is 0.000000932. The van der Waals surface area contributed by atoms with Gasteiger partial charge in [0.15, 0.2) is 0 Å². The first kappa shape index (κ1) is 19.4. The lowest BCUT2D eigenvalue weighted by Crippen LogP contribution is -2.38. The van der Waals surface area contributed by atoms with Crippen molar-refractivity contribution in [1.29, 1.82) is 0 Å². The molecule has 0 radical (unpaired) electrons. The van der Waals surface area contributed by atoms with Gasteiger partial charge < -0.3 is 0 Å². The van der Waals surface area contributed by atoms with Crippen molar-refractivity contribution in [2.24, 2.45) is 23.7 Å². The molecule has 4 atom stereocenters. The summed E-state index contributed by atoms with van der Waals surface area (Å²) in [6.07, 6.45) is 6.27. The zero-order valence-corrected chi connectivity index (χ0v) is 17.5. The normalized spacial score (nSPS) is 31.7. The van der Waals surface area contributed by atoms with Gasteiger partial charge in [-0.2, -0.15) is 0 Å². The predicted octanol–water partition coefficient (Wildman–Crippen LogP) is 6.17. The van der Waals surface area contributed by atoms with Crippen LogP contribution in [0.25, 0.3) is 5.57 Å². The third-order valence-corrected chi connectivity index (χ3v) is 7.39.